The third-order valence-electron chi connectivity index (χ3n) is 4.19. The van der Waals surface area contributed by atoms with Crippen molar-refractivity contribution in [2.75, 3.05) is 6.54 Å². The lowest BCUT2D eigenvalue weighted by Gasteiger charge is -2.24. The highest BCUT2D eigenvalue weighted by molar-refractivity contribution is 6.00. The molecule has 1 saturated heterocycles. The zero-order valence-corrected chi connectivity index (χ0v) is 14.1. The van der Waals surface area contributed by atoms with E-state index in [2.05, 4.69) is 15.6 Å². The van der Waals surface area contributed by atoms with Gasteiger partial charge in [-0.3, -0.25) is 9.59 Å². The molecule has 0 aliphatic carbocycles. The number of hydrogen-bond donors (Lipinski definition) is 2. The van der Waals surface area contributed by atoms with Crippen molar-refractivity contribution in [3.05, 3.63) is 23.8 Å². The maximum Gasteiger partial charge on any atom is 0.254 e. The molecular weight excluding hydrogens is 308 g/mol. The van der Waals surface area contributed by atoms with Crippen LogP contribution in [0.5, 0.6) is 0 Å². The average molecular weight is 330 g/mol. The van der Waals surface area contributed by atoms with Gasteiger partial charge in [0.1, 0.15) is 11.6 Å². The van der Waals surface area contributed by atoms with Gasteiger partial charge in [-0.1, -0.05) is 5.21 Å². The zero-order valence-electron chi connectivity index (χ0n) is 14.1. The van der Waals surface area contributed by atoms with Crippen LogP contribution in [-0.2, 0) is 11.8 Å². The van der Waals surface area contributed by atoms with Crippen LogP contribution in [0.15, 0.2) is 18.2 Å². The van der Waals surface area contributed by atoms with Crippen LogP contribution in [0.1, 0.15) is 30.6 Å². The number of amides is 2. The summed E-state index contributed by atoms with van der Waals surface area (Å²) in [6.07, 6.45) is 0.470. The minimum Gasteiger partial charge on any atom is -0.352 e. The van der Waals surface area contributed by atoms with Crippen molar-refractivity contribution in [2.24, 2.45) is 12.8 Å². The van der Waals surface area contributed by atoms with Gasteiger partial charge in [-0.15, -0.1) is 5.10 Å². The molecule has 8 heteroatoms. The summed E-state index contributed by atoms with van der Waals surface area (Å²) in [5.74, 6) is -0.369. The zero-order chi connectivity index (χ0) is 17.4. The summed E-state index contributed by atoms with van der Waals surface area (Å²) in [6.45, 7) is 4.15. The standard InChI is InChI=1S/C16H22N6O2/c1-9(2)18-15(23)14-7-11(17)8-22(14)16(24)10-4-5-13-12(6-10)19-20-21(13)3/h4-6,9,11,14H,7-8,17H2,1-3H3,(H,18,23)/t11-,14+/m1/s1. The molecule has 1 fully saturated rings. The molecule has 2 atom stereocenters. The lowest BCUT2D eigenvalue weighted by atomic mass is 10.1. The molecule has 1 aromatic carbocycles. The minimum absolute atomic E-state index is 0.0159. The monoisotopic (exact) mass is 330 g/mol. The SMILES string of the molecule is CC(C)NC(=O)[C@@H]1C[C@@H](N)CN1C(=O)c1ccc2c(c1)nnn2C. The predicted molar refractivity (Wildman–Crippen MR) is 89.2 cm³/mol. The number of nitrogens with one attached hydrogen (secondary N) is 1. The maximum absolute atomic E-state index is 12.9. The number of nitrogens with zero attached hydrogens (tertiary/aromatic N) is 4. The highest BCUT2D eigenvalue weighted by Crippen LogP contribution is 2.22. The molecule has 8 nitrogen and oxygen atoms in total. The third-order valence-corrected chi connectivity index (χ3v) is 4.19. The van der Waals surface area contributed by atoms with Gasteiger partial charge < -0.3 is 16.0 Å². The lowest BCUT2D eigenvalue weighted by Crippen LogP contribution is -2.47. The first kappa shape index (κ1) is 16.4. The van der Waals surface area contributed by atoms with Crippen molar-refractivity contribution in [1.29, 1.82) is 0 Å². The Bertz CT molecular complexity index is 784. The normalized spacial score (nSPS) is 20.8. The van der Waals surface area contributed by atoms with Crippen molar-refractivity contribution < 1.29 is 9.59 Å². The van der Waals surface area contributed by atoms with E-state index >= 15 is 0 Å². The van der Waals surface area contributed by atoms with E-state index in [1.54, 1.807) is 28.8 Å². The van der Waals surface area contributed by atoms with Crippen molar-refractivity contribution in [2.45, 2.75) is 38.4 Å². The average Bonchev–Trinajstić information content (AvgIpc) is 3.09. The number of rotatable bonds is 3. The van der Waals surface area contributed by atoms with Crippen LogP contribution in [-0.4, -0.2) is 56.4 Å². The summed E-state index contributed by atoms with van der Waals surface area (Å²) in [7, 11) is 1.79. The summed E-state index contributed by atoms with van der Waals surface area (Å²) in [6, 6.07) is 4.52. The van der Waals surface area contributed by atoms with E-state index in [0.29, 0.717) is 24.0 Å². The van der Waals surface area contributed by atoms with Gasteiger partial charge in [0.05, 0.1) is 5.52 Å². The first-order valence-corrected chi connectivity index (χ1v) is 8.03. The van der Waals surface area contributed by atoms with Crippen molar-refractivity contribution in [1.82, 2.24) is 25.2 Å². The smallest absolute Gasteiger partial charge is 0.254 e. The van der Waals surface area contributed by atoms with E-state index in [-0.39, 0.29) is 23.9 Å². The summed E-state index contributed by atoms with van der Waals surface area (Å²) < 4.78 is 1.65. The lowest BCUT2D eigenvalue weighted by molar-refractivity contribution is -0.125. The molecule has 0 radical (unpaired) electrons. The Balaban J connectivity index is 1.86. The number of carbonyl (C=O) groups excluding carboxylic acids is 2. The van der Waals surface area contributed by atoms with Crippen LogP contribution in [0.4, 0.5) is 0 Å². The fourth-order valence-electron chi connectivity index (χ4n) is 3.06. The number of hydrogen-bond acceptors (Lipinski definition) is 5. The van der Waals surface area contributed by atoms with E-state index in [0.717, 1.165) is 5.52 Å². The third kappa shape index (κ3) is 2.96. The Kier molecular flexibility index (Phi) is 4.23. The molecule has 2 aromatic rings. The van der Waals surface area contributed by atoms with Gasteiger partial charge in [-0.2, -0.15) is 0 Å². The molecule has 128 valence electrons. The number of aromatic nitrogens is 3. The molecule has 3 rings (SSSR count). The number of likely N-dealkylation sites (tertiary alicyclic amines) is 1. The largest absolute Gasteiger partial charge is 0.352 e. The van der Waals surface area contributed by atoms with E-state index < -0.39 is 6.04 Å². The van der Waals surface area contributed by atoms with Gasteiger partial charge in [-0.25, -0.2) is 4.68 Å². The van der Waals surface area contributed by atoms with E-state index in [1.165, 1.54) is 0 Å². The Morgan fingerprint density at radius 2 is 2.12 bits per heavy atom. The molecule has 1 aliphatic rings. The van der Waals surface area contributed by atoms with Crippen LogP contribution in [0.25, 0.3) is 11.0 Å². The molecule has 0 unspecified atom stereocenters. The first-order valence-electron chi connectivity index (χ1n) is 8.03. The number of carbonyl (C=O) groups is 2. The molecule has 1 aromatic heterocycles. The summed E-state index contributed by atoms with van der Waals surface area (Å²) in [5.41, 5.74) is 7.97. The Hall–Kier alpha value is -2.48. The highest BCUT2D eigenvalue weighted by Gasteiger charge is 2.38. The van der Waals surface area contributed by atoms with E-state index in [9.17, 15) is 9.59 Å². The molecule has 3 N–H and O–H groups in total. The van der Waals surface area contributed by atoms with Crippen molar-refractivity contribution in [3.63, 3.8) is 0 Å². The second-order valence-corrected chi connectivity index (χ2v) is 6.55. The fraction of sp³-hybridized carbons (Fsp3) is 0.500. The second-order valence-electron chi connectivity index (χ2n) is 6.55. The number of aryl methyl sites for hydroxylation is 1. The Labute approximate surface area is 140 Å². The van der Waals surface area contributed by atoms with E-state index in [4.69, 9.17) is 5.73 Å². The predicted octanol–water partition coefficient (Wildman–Crippen LogP) is 0.0347. The summed E-state index contributed by atoms with van der Waals surface area (Å²) in [5, 5.41) is 10.8. The maximum atomic E-state index is 12.9. The van der Waals surface area contributed by atoms with Gasteiger partial charge in [0, 0.05) is 31.2 Å². The molecule has 0 bridgehead atoms. The molecule has 24 heavy (non-hydrogen) atoms. The van der Waals surface area contributed by atoms with Crippen LogP contribution >= 0.6 is 0 Å². The van der Waals surface area contributed by atoms with Crippen molar-refractivity contribution >= 4 is 22.8 Å². The highest BCUT2D eigenvalue weighted by atomic mass is 16.2. The quantitative estimate of drug-likeness (QED) is 0.826. The summed E-state index contributed by atoms with van der Waals surface area (Å²) >= 11 is 0. The van der Waals surface area contributed by atoms with Gasteiger partial charge >= 0.3 is 0 Å². The molecule has 1 aliphatic heterocycles. The Morgan fingerprint density at radius 3 is 2.83 bits per heavy atom. The van der Waals surface area contributed by atoms with Gasteiger partial charge in [0.15, 0.2) is 0 Å². The van der Waals surface area contributed by atoms with E-state index in [1.807, 2.05) is 19.9 Å². The minimum atomic E-state index is -0.535. The van der Waals surface area contributed by atoms with Crippen LogP contribution in [0, 0.1) is 0 Å². The second kappa shape index (κ2) is 6.20. The van der Waals surface area contributed by atoms with Crippen LogP contribution in [0.3, 0.4) is 0 Å². The molecule has 2 amide bonds. The molecule has 2 heterocycles. The number of fused-ring (bicyclic) bond motifs is 1. The fourth-order valence-corrected chi connectivity index (χ4v) is 3.06. The molecular formula is C16H22N6O2. The summed E-state index contributed by atoms with van der Waals surface area (Å²) in [4.78, 5) is 26.8. The van der Waals surface area contributed by atoms with Crippen LogP contribution < -0.4 is 11.1 Å². The van der Waals surface area contributed by atoms with Crippen molar-refractivity contribution in [3.8, 4) is 0 Å². The van der Waals surface area contributed by atoms with Gasteiger partial charge in [0.2, 0.25) is 5.91 Å². The van der Waals surface area contributed by atoms with Gasteiger partial charge in [-0.05, 0) is 38.5 Å². The topological polar surface area (TPSA) is 106 Å². The number of nitrogens with two attached hydrogens (primary N) is 1. The number of benzene rings is 1. The Morgan fingerprint density at radius 1 is 1.38 bits per heavy atom. The molecule has 0 saturated carbocycles. The van der Waals surface area contributed by atoms with Gasteiger partial charge in [0.25, 0.3) is 5.91 Å². The first-order chi connectivity index (χ1) is 11.4. The van der Waals surface area contributed by atoms with Crippen LogP contribution in [0.2, 0.25) is 0 Å². The molecule has 0 spiro atoms.